The lowest BCUT2D eigenvalue weighted by molar-refractivity contribution is -0.0459. The molecule has 0 aliphatic carbocycles. The Morgan fingerprint density at radius 2 is 2.00 bits per heavy atom. The summed E-state index contributed by atoms with van der Waals surface area (Å²) < 4.78 is 21.4. The minimum atomic E-state index is -1.81. The largest absolute Gasteiger partial charge is 0.394 e. The quantitative estimate of drug-likeness (QED) is 0.386. The Bertz CT molecular complexity index is 1040. The molecule has 0 radical (unpaired) electrons. The number of anilines is 1. The van der Waals surface area contributed by atoms with Crippen molar-refractivity contribution in [2.45, 2.75) is 37.7 Å². The summed E-state index contributed by atoms with van der Waals surface area (Å²) in [6, 6.07) is 10.3. The van der Waals surface area contributed by atoms with Crippen LogP contribution in [0.1, 0.15) is 6.23 Å². The van der Waals surface area contributed by atoms with Gasteiger partial charge >= 0.3 is 0 Å². The van der Waals surface area contributed by atoms with Gasteiger partial charge in [-0.2, -0.15) is 9.97 Å². The molecule has 3 aromatic rings. The Morgan fingerprint density at radius 1 is 1.27 bits per heavy atom. The lowest BCUT2D eigenvalue weighted by Gasteiger charge is -2.23. The first kappa shape index (κ1) is 21.1. The number of ether oxygens (including phenoxy) is 1. The molecule has 1 saturated heterocycles. The maximum Gasteiger partial charge on any atom is 0.226 e. The van der Waals surface area contributed by atoms with Gasteiger partial charge in [0.25, 0.3) is 0 Å². The van der Waals surface area contributed by atoms with Gasteiger partial charge in [0.15, 0.2) is 29.4 Å². The summed E-state index contributed by atoms with van der Waals surface area (Å²) in [4.78, 5) is 12.8. The Labute approximate surface area is 178 Å². The monoisotopic (exact) mass is 451 g/mol. The molecule has 3 heterocycles. The summed E-state index contributed by atoms with van der Waals surface area (Å²) in [7, 11) is -1.81. The second-order valence-electron chi connectivity index (χ2n) is 7.95. The molecule has 160 valence electrons. The van der Waals surface area contributed by atoms with E-state index in [0.717, 1.165) is 0 Å². The van der Waals surface area contributed by atoms with E-state index in [-0.39, 0.29) is 10.9 Å². The van der Waals surface area contributed by atoms with Crippen molar-refractivity contribution in [1.29, 1.82) is 0 Å². The van der Waals surface area contributed by atoms with E-state index in [2.05, 4.69) is 45.5 Å². The number of aliphatic hydroxyl groups excluding tert-OH is 2. The van der Waals surface area contributed by atoms with Crippen LogP contribution in [0, 0.1) is 0 Å². The molecule has 1 fully saturated rings. The molecule has 4 atom stereocenters. The molecule has 2 aromatic heterocycles. The van der Waals surface area contributed by atoms with Crippen molar-refractivity contribution < 1.29 is 19.3 Å². The fourth-order valence-electron chi connectivity index (χ4n) is 3.57. The van der Waals surface area contributed by atoms with Gasteiger partial charge < -0.3 is 20.3 Å². The van der Waals surface area contributed by atoms with E-state index in [1.807, 2.05) is 18.2 Å². The number of fused-ring (bicyclic) bond motifs is 1. The van der Waals surface area contributed by atoms with Gasteiger partial charge in [0.1, 0.15) is 20.3 Å². The van der Waals surface area contributed by atoms with Gasteiger partial charge in [-0.3, -0.25) is 4.57 Å². The first-order valence-corrected chi connectivity index (χ1v) is 13.2. The number of hydrogen-bond acceptors (Lipinski definition) is 7. The summed E-state index contributed by atoms with van der Waals surface area (Å²) in [6.45, 7) is 3.99. The van der Waals surface area contributed by atoms with Crippen molar-refractivity contribution in [2.75, 3.05) is 18.1 Å². The number of aliphatic hydroxyl groups is 2. The van der Waals surface area contributed by atoms with Crippen LogP contribution in [-0.2, 0) is 4.74 Å². The van der Waals surface area contributed by atoms with Gasteiger partial charge in [0.2, 0.25) is 5.28 Å². The topological polar surface area (TPSA) is 105 Å². The number of nitrogens with one attached hydrogen (secondary N) is 1. The molecule has 30 heavy (non-hydrogen) atoms. The number of benzene rings is 1. The van der Waals surface area contributed by atoms with Crippen molar-refractivity contribution in [2.24, 2.45) is 0 Å². The molecule has 0 amide bonds. The predicted octanol–water partition coefficient (Wildman–Crippen LogP) is 1.64. The molecule has 4 rings (SSSR count). The normalized spacial score (nSPS) is 24.5. The predicted molar refractivity (Wildman–Crippen MR) is 114 cm³/mol. The van der Waals surface area contributed by atoms with Gasteiger partial charge in [0.05, 0.1) is 12.9 Å². The Balaban J connectivity index is 1.63. The van der Waals surface area contributed by atoms with Crippen molar-refractivity contribution in [3.63, 3.8) is 0 Å². The van der Waals surface area contributed by atoms with Crippen LogP contribution in [0.15, 0.2) is 36.7 Å². The zero-order valence-corrected chi connectivity index (χ0v) is 18.3. The Hall–Kier alpha value is -2.11. The zero-order chi connectivity index (χ0) is 21.5. The second kappa shape index (κ2) is 8.20. The highest BCUT2D eigenvalue weighted by Crippen LogP contribution is 2.34. The first-order chi connectivity index (χ1) is 14.3. The van der Waals surface area contributed by atoms with Crippen molar-refractivity contribution in [1.82, 2.24) is 19.5 Å². The molecule has 0 bridgehead atoms. The number of imidazole rings is 1. The van der Waals surface area contributed by atoms with Crippen LogP contribution in [0.25, 0.3) is 11.2 Å². The highest BCUT2D eigenvalue weighted by Gasteiger charge is 2.45. The molecule has 1 aromatic carbocycles. The van der Waals surface area contributed by atoms with E-state index in [1.54, 1.807) is 0 Å². The summed E-state index contributed by atoms with van der Waals surface area (Å²) >= 11 is 6.13. The van der Waals surface area contributed by atoms with Crippen LogP contribution in [-0.4, -0.2) is 69.0 Å². The van der Waals surface area contributed by atoms with Gasteiger partial charge in [-0.25, -0.2) is 9.37 Å². The molecule has 0 unspecified atom stereocenters. The van der Waals surface area contributed by atoms with E-state index in [1.165, 1.54) is 16.1 Å². The lowest BCUT2D eigenvalue weighted by atomic mass is 10.1. The summed E-state index contributed by atoms with van der Waals surface area (Å²) in [6.07, 6.45) is -3.31. The smallest absolute Gasteiger partial charge is 0.226 e. The fourth-order valence-corrected chi connectivity index (χ4v) is 5.65. The van der Waals surface area contributed by atoms with Crippen LogP contribution in [0.2, 0.25) is 18.4 Å². The maximum absolute atomic E-state index is 14.6. The number of halogens is 2. The SMILES string of the molecule is C[Si](C)(CNc1nc(Cl)nc2c1ncn2[C@@H]1O[C@H](CO)[C@@H](O)[C@H]1F)c1ccccc1. The van der Waals surface area contributed by atoms with E-state index in [4.69, 9.17) is 16.3 Å². The van der Waals surface area contributed by atoms with Crippen molar-refractivity contribution >= 4 is 41.8 Å². The lowest BCUT2D eigenvalue weighted by Crippen LogP contribution is -2.48. The minimum absolute atomic E-state index is 0.0152. The molecule has 0 saturated carbocycles. The highest BCUT2D eigenvalue weighted by molar-refractivity contribution is 6.90. The molecule has 1 aliphatic rings. The summed E-state index contributed by atoms with van der Waals surface area (Å²) in [5, 5.41) is 23.8. The molecule has 1 aliphatic heterocycles. The number of hydrogen-bond donors (Lipinski definition) is 3. The number of aromatic nitrogens is 4. The summed E-state index contributed by atoms with van der Waals surface area (Å²) in [5.41, 5.74) is 0.713. The second-order valence-corrected chi connectivity index (χ2v) is 13.0. The number of alkyl halides is 1. The van der Waals surface area contributed by atoms with Crippen LogP contribution in [0.4, 0.5) is 10.2 Å². The Morgan fingerprint density at radius 3 is 2.67 bits per heavy atom. The number of nitrogens with zero attached hydrogens (tertiary/aromatic N) is 4. The van der Waals surface area contributed by atoms with E-state index in [0.29, 0.717) is 17.5 Å². The third kappa shape index (κ3) is 3.81. The number of rotatable bonds is 6. The summed E-state index contributed by atoms with van der Waals surface area (Å²) in [5.74, 6) is 0.452. The molecule has 11 heteroatoms. The van der Waals surface area contributed by atoms with Crippen LogP contribution in [0.3, 0.4) is 0 Å². The highest BCUT2D eigenvalue weighted by atomic mass is 35.5. The van der Waals surface area contributed by atoms with Gasteiger partial charge in [0, 0.05) is 6.17 Å². The average molecular weight is 452 g/mol. The van der Waals surface area contributed by atoms with Gasteiger partial charge in [-0.05, 0) is 11.6 Å². The molecular formula is C19H23ClFN5O3Si. The fraction of sp³-hybridized carbons (Fsp3) is 0.421. The van der Waals surface area contributed by atoms with Crippen LogP contribution >= 0.6 is 11.6 Å². The molecule has 3 N–H and O–H groups in total. The third-order valence-corrected chi connectivity index (χ3v) is 8.52. The first-order valence-electron chi connectivity index (χ1n) is 9.60. The Kier molecular flexibility index (Phi) is 5.77. The molecule has 0 spiro atoms. The van der Waals surface area contributed by atoms with Crippen LogP contribution in [0.5, 0.6) is 0 Å². The van der Waals surface area contributed by atoms with Gasteiger partial charge in [-0.1, -0.05) is 48.6 Å². The molecular weight excluding hydrogens is 429 g/mol. The minimum Gasteiger partial charge on any atom is -0.394 e. The van der Waals surface area contributed by atoms with Gasteiger partial charge in [-0.15, -0.1) is 0 Å². The van der Waals surface area contributed by atoms with E-state index in [9.17, 15) is 14.6 Å². The standard InChI is InChI=1S/C19H23ClFN5O3Si/c1-30(2,11-6-4-3-5-7-11)10-23-16-14-17(25-19(20)24-16)26(9-22-14)18-13(21)15(28)12(8-27)29-18/h3-7,9,12-13,15,18,27-28H,8,10H2,1-2H3,(H,23,24,25)/t12-,13-,15-,18-/m1/s1. The van der Waals surface area contributed by atoms with Crippen molar-refractivity contribution in [3.05, 3.63) is 41.9 Å². The zero-order valence-electron chi connectivity index (χ0n) is 16.5. The maximum atomic E-state index is 14.6. The van der Waals surface area contributed by atoms with Crippen LogP contribution < -0.4 is 10.5 Å². The van der Waals surface area contributed by atoms with Crippen molar-refractivity contribution in [3.8, 4) is 0 Å². The third-order valence-electron chi connectivity index (χ3n) is 5.40. The van der Waals surface area contributed by atoms with E-state index < -0.39 is 39.3 Å². The average Bonchev–Trinajstić information content (AvgIpc) is 3.28. The molecule has 8 nitrogen and oxygen atoms in total. The van der Waals surface area contributed by atoms with E-state index >= 15 is 0 Å².